The number of hydrogen-bond donors (Lipinski definition) is 1. The molecule has 2 rings (SSSR count). The van der Waals surface area contributed by atoms with Crippen LogP contribution in [0, 0.1) is 0 Å². The van der Waals surface area contributed by atoms with Crippen molar-refractivity contribution in [1.82, 2.24) is 9.21 Å². The smallest absolute Gasteiger partial charge is 0.243 e. The van der Waals surface area contributed by atoms with Crippen LogP contribution in [0.25, 0.3) is 0 Å². The number of benzene rings is 1. The lowest BCUT2D eigenvalue weighted by Gasteiger charge is -2.27. The highest BCUT2D eigenvalue weighted by molar-refractivity contribution is 7.99. The molecular weight excluding hydrogens is 344 g/mol. The molecule has 1 fully saturated rings. The molecule has 0 amide bonds. The van der Waals surface area contributed by atoms with Crippen molar-refractivity contribution >= 4 is 27.7 Å². The fourth-order valence-corrected chi connectivity index (χ4v) is 4.55. The van der Waals surface area contributed by atoms with Crippen LogP contribution >= 0.6 is 11.8 Å². The van der Waals surface area contributed by atoms with Crippen LogP contribution in [0.5, 0.6) is 0 Å². The van der Waals surface area contributed by atoms with Crippen molar-refractivity contribution in [2.24, 2.45) is 10.7 Å². The molecule has 1 saturated heterocycles. The van der Waals surface area contributed by atoms with Crippen molar-refractivity contribution in [2.45, 2.75) is 31.3 Å². The van der Waals surface area contributed by atoms with Crippen molar-refractivity contribution < 1.29 is 8.42 Å². The number of aliphatic imine (C=N–C) groups is 1. The Labute approximate surface area is 149 Å². The number of nitrogens with two attached hydrogens (primary N) is 1. The monoisotopic (exact) mass is 370 g/mol. The Morgan fingerprint density at radius 3 is 2.42 bits per heavy atom. The van der Waals surface area contributed by atoms with Gasteiger partial charge in [-0.2, -0.15) is 16.1 Å². The standard InChI is InChI=1S/C16H26N4O2S2/c1-13(2)19(3)24(21,22)15-6-4-14(5-7-15)12-18-16(17)20-8-10-23-11-9-20/h4-7,13H,8-12H2,1-3H3,(H2,17,18). The molecule has 24 heavy (non-hydrogen) atoms. The maximum atomic E-state index is 12.4. The van der Waals surface area contributed by atoms with E-state index in [0.717, 1.165) is 30.2 Å². The molecule has 1 aliphatic rings. The van der Waals surface area contributed by atoms with E-state index in [1.165, 1.54) is 4.31 Å². The fraction of sp³-hybridized carbons (Fsp3) is 0.562. The molecule has 6 nitrogen and oxygen atoms in total. The normalized spacial score (nSPS) is 16.9. The van der Waals surface area contributed by atoms with Gasteiger partial charge >= 0.3 is 0 Å². The second-order valence-electron chi connectivity index (χ2n) is 6.03. The van der Waals surface area contributed by atoms with Crippen molar-refractivity contribution in [3.05, 3.63) is 29.8 Å². The highest BCUT2D eigenvalue weighted by Gasteiger charge is 2.22. The summed E-state index contributed by atoms with van der Waals surface area (Å²) >= 11 is 1.93. The number of sulfonamides is 1. The molecule has 134 valence electrons. The maximum absolute atomic E-state index is 12.4. The number of nitrogens with zero attached hydrogens (tertiary/aromatic N) is 3. The molecule has 0 radical (unpaired) electrons. The van der Waals surface area contributed by atoms with Gasteiger partial charge in [0.15, 0.2) is 5.96 Å². The zero-order valence-corrected chi connectivity index (χ0v) is 16.1. The van der Waals surface area contributed by atoms with Crippen LogP contribution in [0.1, 0.15) is 19.4 Å². The van der Waals surface area contributed by atoms with Crippen molar-refractivity contribution in [1.29, 1.82) is 0 Å². The molecule has 0 aliphatic carbocycles. The highest BCUT2D eigenvalue weighted by atomic mass is 32.2. The third kappa shape index (κ3) is 4.64. The van der Waals surface area contributed by atoms with Crippen molar-refractivity contribution in [3.8, 4) is 0 Å². The van der Waals surface area contributed by atoms with E-state index in [9.17, 15) is 8.42 Å². The Morgan fingerprint density at radius 2 is 1.88 bits per heavy atom. The predicted octanol–water partition coefficient (Wildman–Crippen LogP) is 1.58. The number of hydrogen-bond acceptors (Lipinski definition) is 4. The van der Waals surface area contributed by atoms with E-state index in [1.54, 1.807) is 31.3 Å². The van der Waals surface area contributed by atoms with Gasteiger partial charge < -0.3 is 10.6 Å². The molecule has 0 unspecified atom stereocenters. The summed E-state index contributed by atoms with van der Waals surface area (Å²) in [5.41, 5.74) is 6.97. The minimum absolute atomic E-state index is 0.0817. The van der Waals surface area contributed by atoms with Gasteiger partial charge in [0.25, 0.3) is 0 Å². The molecule has 0 atom stereocenters. The SMILES string of the molecule is CC(C)N(C)S(=O)(=O)c1ccc(CN=C(N)N2CCSCC2)cc1. The quantitative estimate of drug-likeness (QED) is 0.629. The largest absolute Gasteiger partial charge is 0.370 e. The first kappa shape index (κ1) is 19.1. The zero-order valence-electron chi connectivity index (χ0n) is 14.5. The third-order valence-corrected chi connectivity index (χ3v) is 7.08. The summed E-state index contributed by atoms with van der Waals surface area (Å²) in [5.74, 6) is 2.71. The van der Waals surface area contributed by atoms with Gasteiger partial charge in [0, 0.05) is 37.7 Å². The summed E-state index contributed by atoms with van der Waals surface area (Å²) < 4.78 is 26.2. The van der Waals surface area contributed by atoms with E-state index >= 15 is 0 Å². The Balaban J connectivity index is 2.04. The van der Waals surface area contributed by atoms with Gasteiger partial charge in [-0.1, -0.05) is 12.1 Å². The van der Waals surface area contributed by atoms with E-state index in [0.29, 0.717) is 17.4 Å². The third-order valence-electron chi connectivity index (χ3n) is 4.09. The molecular formula is C16H26N4O2S2. The lowest BCUT2D eigenvalue weighted by atomic mass is 10.2. The first-order valence-corrected chi connectivity index (χ1v) is 10.6. The first-order valence-electron chi connectivity index (χ1n) is 8.02. The van der Waals surface area contributed by atoms with Gasteiger partial charge in [-0.05, 0) is 31.5 Å². The van der Waals surface area contributed by atoms with Crippen molar-refractivity contribution in [3.63, 3.8) is 0 Å². The van der Waals surface area contributed by atoms with E-state index < -0.39 is 10.0 Å². The van der Waals surface area contributed by atoms with Gasteiger partial charge in [-0.15, -0.1) is 0 Å². The number of thioether (sulfide) groups is 1. The molecule has 0 saturated carbocycles. The molecule has 1 aromatic carbocycles. The molecule has 0 spiro atoms. The fourth-order valence-electron chi connectivity index (χ4n) is 2.28. The van der Waals surface area contributed by atoms with Gasteiger partial charge in [0.2, 0.25) is 10.0 Å². The van der Waals surface area contributed by atoms with Crippen LogP contribution in [-0.2, 0) is 16.6 Å². The Hall–Kier alpha value is -1.25. The molecule has 0 bridgehead atoms. The maximum Gasteiger partial charge on any atom is 0.243 e. The minimum atomic E-state index is -3.44. The summed E-state index contributed by atoms with van der Waals surface area (Å²) in [6.45, 7) is 6.01. The average Bonchev–Trinajstić information content (AvgIpc) is 2.60. The Morgan fingerprint density at radius 1 is 1.29 bits per heavy atom. The molecule has 1 aromatic rings. The van der Waals surface area contributed by atoms with Crippen molar-refractivity contribution in [2.75, 3.05) is 31.6 Å². The summed E-state index contributed by atoms with van der Waals surface area (Å²) in [4.78, 5) is 6.81. The van der Waals surface area contributed by atoms with Gasteiger partial charge in [0.1, 0.15) is 0 Å². The second-order valence-corrected chi connectivity index (χ2v) is 9.26. The molecule has 1 heterocycles. The Kier molecular flexibility index (Phi) is 6.54. The lowest BCUT2D eigenvalue weighted by Crippen LogP contribution is -2.42. The summed E-state index contributed by atoms with van der Waals surface area (Å²) in [7, 11) is -1.85. The van der Waals surface area contributed by atoms with Crippen LogP contribution in [0.4, 0.5) is 0 Å². The van der Waals surface area contributed by atoms with Gasteiger partial charge in [-0.3, -0.25) is 0 Å². The highest BCUT2D eigenvalue weighted by Crippen LogP contribution is 2.17. The Bertz CT molecular complexity index is 666. The first-order chi connectivity index (χ1) is 11.3. The second kappa shape index (κ2) is 8.22. The summed E-state index contributed by atoms with van der Waals surface area (Å²) in [6, 6.07) is 6.77. The molecule has 8 heteroatoms. The van der Waals surface area contributed by atoms with Crippen LogP contribution in [0.3, 0.4) is 0 Å². The van der Waals surface area contributed by atoms with E-state index in [4.69, 9.17) is 5.73 Å². The van der Waals surface area contributed by atoms with E-state index in [1.807, 2.05) is 25.6 Å². The summed E-state index contributed by atoms with van der Waals surface area (Å²) in [6.07, 6.45) is 0. The topological polar surface area (TPSA) is 79.0 Å². The van der Waals surface area contributed by atoms with E-state index in [-0.39, 0.29) is 6.04 Å². The average molecular weight is 371 g/mol. The van der Waals surface area contributed by atoms with Crippen LogP contribution in [0.2, 0.25) is 0 Å². The lowest BCUT2D eigenvalue weighted by molar-refractivity contribution is 0.410. The van der Waals surface area contributed by atoms with Gasteiger partial charge in [0.05, 0.1) is 11.4 Å². The molecule has 2 N–H and O–H groups in total. The number of guanidine groups is 1. The minimum Gasteiger partial charge on any atom is -0.370 e. The van der Waals surface area contributed by atoms with Crippen LogP contribution < -0.4 is 5.73 Å². The van der Waals surface area contributed by atoms with Gasteiger partial charge in [-0.25, -0.2) is 13.4 Å². The van der Waals surface area contributed by atoms with Crippen LogP contribution in [0.15, 0.2) is 34.2 Å². The molecule has 1 aliphatic heterocycles. The van der Waals surface area contributed by atoms with Crippen LogP contribution in [-0.4, -0.2) is 61.3 Å². The molecule has 0 aromatic heterocycles. The number of rotatable bonds is 5. The van der Waals surface area contributed by atoms with E-state index in [2.05, 4.69) is 9.89 Å². The summed E-state index contributed by atoms with van der Waals surface area (Å²) in [5, 5.41) is 0. The predicted molar refractivity (Wildman–Crippen MR) is 101 cm³/mol. The zero-order chi connectivity index (χ0) is 17.7.